The Morgan fingerprint density at radius 1 is 0.884 bits per heavy atom. The fraction of sp³-hybridized carbons (Fsp3) is 0.419. The maximum atomic E-state index is 13.7. The predicted octanol–water partition coefficient (Wildman–Crippen LogP) is 8.12. The van der Waals surface area contributed by atoms with Gasteiger partial charge in [-0.1, -0.05) is 29.3 Å². The Labute approximate surface area is 259 Å². The Morgan fingerprint density at radius 3 is 2.07 bits per heavy atom. The molecule has 12 heteroatoms. The summed E-state index contributed by atoms with van der Waals surface area (Å²) in [7, 11) is 0. The van der Waals surface area contributed by atoms with Crippen molar-refractivity contribution in [2.24, 2.45) is 5.92 Å². The van der Waals surface area contributed by atoms with E-state index in [9.17, 15) is 13.6 Å². The quantitative estimate of drug-likeness (QED) is 0.145. The summed E-state index contributed by atoms with van der Waals surface area (Å²) in [6.45, 7) is 3.75. The number of esters is 1. The molecule has 1 atom stereocenters. The van der Waals surface area contributed by atoms with Crippen LogP contribution in [0, 0.1) is 5.92 Å². The largest absolute Gasteiger partial charge is 0.490 e. The molecule has 1 fully saturated rings. The van der Waals surface area contributed by atoms with Crippen molar-refractivity contribution >= 4 is 29.2 Å². The molecular weight excluding hydrogens is 607 g/mol. The molecule has 8 nitrogen and oxygen atoms in total. The number of hydrogen-bond acceptors (Lipinski definition) is 8. The summed E-state index contributed by atoms with van der Waals surface area (Å²) in [5.41, 5.74) is 1.09. The highest BCUT2D eigenvalue weighted by atomic mass is 35.5. The topological polar surface area (TPSA) is 85.3 Å². The van der Waals surface area contributed by atoms with Crippen molar-refractivity contribution in [1.82, 2.24) is 4.98 Å². The van der Waals surface area contributed by atoms with E-state index < -0.39 is 18.7 Å². The van der Waals surface area contributed by atoms with Gasteiger partial charge in [0, 0.05) is 18.8 Å². The van der Waals surface area contributed by atoms with Crippen molar-refractivity contribution in [3.8, 4) is 28.7 Å². The van der Waals surface area contributed by atoms with Gasteiger partial charge in [-0.3, -0.25) is 4.98 Å². The average molecular weight is 641 g/mol. The second-order valence-electron chi connectivity index (χ2n) is 9.62. The average Bonchev–Trinajstić information content (AvgIpc) is 3.80. The van der Waals surface area contributed by atoms with E-state index in [0.717, 1.165) is 12.8 Å². The van der Waals surface area contributed by atoms with Gasteiger partial charge in [0.1, 0.15) is 6.10 Å². The molecule has 2 aromatic carbocycles. The molecule has 0 bridgehead atoms. The van der Waals surface area contributed by atoms with Crippen LogP contribution in [0.25, 0.3) is 0 Å². The molecule has 0 saturated heterocycles. The van der Waals surface area contributed by atoms with Crippen LogP contribution < -0.4 is 23.7 Å². The van der Waals surface area contributed by atoms with Crippen LogP contribution >= 0.6 is 23.2 Å². The first kappa shape index (κ1) is 32.4. The number of rotatable bonds is 16. The van der Waals surface area contributed by atoms with E-state index in [1.54, 1.807) is 0 Å². The molecule has 0 aliphatic heterocycles. The van der Waals surface area contributed by atoms with Crippen LogP contribution in [-0.4, -0.2) is 44.0 Å². The number of carbonyl (C=O) groups excluding carboxylic acids is 1. The molecule has 232 valence electrons. The van der Waals surface area contributed by atoms with Gasteiger partial charge >= 0.3 is 12.6 Å². The standard InChI is InChI=1S/C31H33Cl2F2NO7/c1-4-38-27-12-20(13-28(39-5-2)29(27)40-6-3)30(37)42-25(14-21-22(32)15-36-16-23(21)33)19-9-10-24(43-31(34)35)26(11-19)41-17-18-7-8-18/h9-13,15-16,18,25,31H,4-8,14,17H2,1-3H3. The first-order chi connectivity index (χ1) is 20.7. The van der Waals surface area contributed by atoms with Gasteiger partial charge < -0.3 is 28.4 Å². The van der Waals surface area contributed by atoms with E-state index in [1.807, 2.05) is 20.8 Å². The van der Waals surface area contributed by atoms with Crippen molar-refractivity contribution in [2.45, 2.75) is 52.7 Å². The van der Waals surface area contributed by atoms with Gasteiger partial charge in [0.2, 0.25) is 5.75 Å². The molecule has 0 spiro atoms. The highest BCUT2D eigenvalue weighted by Crippen LogP contribution is 2.41. The summed E-state index contributed by atoms with van der Waals surface area (Å²) in [5.74, 6) is 0.650. The number of ether oxygens (including phenoxy) is 6. The zero-order valence-electron chi connectivity index (χ0n) is 24.0. The molecule has 4 rings (SSSR count). The molecule has 1 saturated carbocycles. The van der Waals surface area contributed by atoms with E-state index in [2.05, 4.69) is 9.72 Å². The fourth-order valence-corrected chi connectivity index (χ4v) is 4.79. The zero-order valence-corrected chi connectivity index (χ0v) is 25.6. The van der Waals surface area contributed by atoms with Gasteiger partial charge in [-0.25, -0.2) is 4.79 Å². The van der Waals surface area contributed by atoms with Gasteiger partial charge in [-0.15, -0.1) is 0 Å². The molecule has 0 radical (unpaired) electrons. The highest BCUT2D eigenvalue weighted by molar-refractivity contribution is 6.35. The van der Waals surface area contributed by atoms with Crippen LogP contribution in [0.1, 0.15) is 61.2 Å². The molecule has 1 aliphatic rings. The number of nitrogens with zero attached hydrogens (tertiary/aromatic N) is 1. The second-order valence-corrected chi connectivity index (χ2v) is 10.4. The number of hydrogen-bond donors (Lipinski definition) is 0. The van der Waals surface area contributed by atoms with Gasteiger partial charge in [-0.05, 0) is 74.9 Å². The first-order valence-corrected chi connectivity index (χ1v) is 14.8. The Balaban J connectivity index is 1.73. The number of alkyl halides is 2. The van der Waals surface area contributed by atoms with E-state index in [1.165, 1.54) is 42.7 Å². The number of halogens is 4. The monoisotopic (exact) mass is 639 g/mol. The molecule has 1 aromatic heterocycles. The fourth-order valence-electron chi connectivity index (χ4n) is 4.27. The highest BCUT2D eigenvalue weighted by Gasteiger charge is 2.27. The molecular formula is C31H33Cl2F2NO7. The van der Waals surface area contributed by atoms with E-state index in [0.29, 0.717) is 60.7 Å². The third-order valence-corrected chi connectivity index (χ3v) is 7.11. The van der Waals surface area contributed by atoms with Crippen LogP contribution in [0.3, 0.4) is 0 Å². The van der Waals surface area contributed by atoms with Crippen LogP contribution in [-0.2, 0) is 11.2 Å². The normalized spacial score (nSPS) is 13.4. The summed E-state index contributed by atoms with van der Waals surface area (Å²) >= 11 is 12.8. The van der Waals surface area contributed by atoms with E-state index in [4.69, 9.17) is 46.9 Å². The molecule has 3 aromatic rings. The smallest absolute Gasteiger partial charge is 0.387 e. The van der Waals surface area contributed by atoms with Gasteiger partial charge in [0.15, 0.2) is 23.0 Å². The third-order valence-electron chi connectivity index (χ3n) is 6.46. The molecule has 0 amide bonds. The Kier molecular flexibility index (Phi) is 11.5. The zero-order chi connectivity index (χ0) is 30.9. The minimum Gasteiger partial charge on any atom is -0.490 e. The van der Waals surface area contributed by atoms with Crippen LogP contribution in [0.2, 0.25) is 10.0 Å². The molecule has 1 aliphatic carbocycles. The lowest BCUT2D eigenvalue weighted by atomic mass is 10.0. The molecule has 0 N–H and O–H groups in total. The predicted molar refractivity (Wildman–Crippen MR) is 157 cm³/mol. The Hall–Kier alpha value is -3.50. The van der Waals surface area contributed by atoms with Gasteiger partial charge in [0.05, 0.1) is 42.0 Å². The maximum Gasteiger partial charge on any atom is 0.387 e. The molecule has 1 heterocycles. The van der Waals surface area contributed by atoms with Gasteiger partial charge in [-0.2, -0.15) is 8.78 Å². The number of benzene rings is 2. The van der Waals surface area contributed by atoms with Crippen LogP contribution in [0.4, 0.5) is 8.78 Å². The van der Waals surface area contributed by atoms with Crippen LogP contribution in [0.5, 0.6) is 28.7 Å². The lowest BCUT2D eigenvalue weighted by molar-refractivity contribution is -0.0515. The Morgan fingerprint density at radius 2 is 1.51 bits per heavy atom. The number of pyridine rings is 1. The van der Waals surface area contributed by atoms with Crippen molar-refractivity contribution in [3.05, 3.63) is 69.5 Å². The molecule has 43 heavy (non-hydrogen) atoms. The van der Waals surface area contributed by atoms with Crippen LogP contribution in [0.15, 0.2) is 42.7 Å². The lowest BCUT2D eigenvalue weighted by Crippen LogP contribution is -2.16. The third kappa shape index (κ3) is 8.76. The maximum absolute atomic E-state index is 13.7. The van der Waals surface area contributed by atoms with E-state index >= 15 is 0 Å². The summed E-state index contributed by atoms with van der Waals surface area (Å²) in [5, 5.41) is 0.546. The summed E-state index contributed by atoms with van der Waals surface area (Å²) in [6, 6.07) is 7.45. The van der Waals surface area contributed by atoms with Crippen molar-refractivity contribution in [1.29, 1.82) is 0 Å². The second kappa shape index (κ2) is 15.3. The Bertz CT molecular complexity index is 1360. The number of carbonyl (C=O) groups is 1. The van der Waals surface area contributed by atoms with Gasteiger partial charge in [0.25, 0.3) is 0 Å². The minimum atomic E-state index is -3.05. The number of aromatic nitrogens is 1. The SMILES string of the molecule is CCOc1cc(C(=O)OC(Cc2c(Cl)cncc2Cl)c2ccc(OC(F)F)c(OCC3CC3)c2)cc(OCC)c1OCC. The van der Waals surface area contributed by atoms with Crippen molar-refractivity contribution in [3.63, 3.8) is 0 Å². The first-order valence-electron chi connectivity index (χ1n) is 14.0. The summed E-state index contributed by atoms with van der Waals surface area (Å²) in [4.78, 5) is 17.7. The van der Waals surface area contributed by atoms with Crippen molar-refractivity contribution < 1.29 is 42.0 Å². The summed E-state index contributed by atoms with van der Waals surface area (Å²) in [6.07, 6.45) is 3.95. The lowest BCUT2D eigenvalue weighted by Gasteiger charge is -2.22. The molecule has 1 unspecified atom stereocenters. The minimum absolute atomic E-state index is 0.0523. The summed E-state index contributed by atoms with van der Waals surface area (Å²) < 4.78 is 60.1. The van der Waals surface area contributed by atoms with Crippen molar-refractivity contribution in [2.75, 3.05) is 26.4 Å². The van der Waals surface area contributed by atoms with E-state index in [-0.39, 0.29) is 33.5 Å².